The second kappa shape index (κ2) is 6.80. The van der Waals surface area contributed by atoms with Gasteiger partial charge in [0.15, 0.2) is 0 Å². The normalized spacial score (nSPS) is 12.7. The third-order valence-electron chi connectivity index (χ3n) is 2.85. The molecular formula is C13H13Br2FN2O2. The van der Waals surface area contributed by atoms with Gasteiger partial charge in [0.1, 0.15) is 11.9 Å². The van der Waals surface area contributed by atoms with E-state index in [9.17, 15) is 9.50 Å². The molecule has 1 atom stereocenters. The van der Waals surface area contributed by atoms with Crippen LogP contribution in [0.1, 0.15) is 17.4 Å². The van der Waals surface area contributed by atoms with Gasteiger partial charge < -0.3 is 9.84 Å². The molecule has 1 N–H and O–H groups in total. The molecule has 0 radical (unpaired) electrons. The fourth-order valence-corrected chi connectivity index (χ4v) is 2.85. The first kappa shape index (κ1) is 15.6. The number of benzene rings is 1. The van der Waals surface area contributed by atoms with E-state index < -0.39 is 11.9 Å². The van der Waals surface area contributed by atoms with Crippen LogP contribution in [0, 0.1) is 5.82 Å². The second-order valence-corrected chi connectivity index (χ2v) is 5.87. The highest BCUT2D eigenvalue weighted by molar-refractivity contribution is 9.10. The van der Waals surface area contributed by atoms with Crippen molar-refractivity contribution in [2.24, 2.45) is 0 Å². The van der Waals surface area contributed by atoms with E-state index in [0.29, 0.717) is 33.4 Å². The van der Waals surface area contributed by atoms with Crippen LogP contribution in [0.2, 0.25) is 0 Å². The van der Waals surface area contributed by atoms with E-state index in [2.05, 4.69) is 37.0 Å². The highest BCUT2D eigenvalue weighted by Gasteiger charge is 2.22. The molecule has 4 nitrogen and oxygen atoms in total. The van der Waals surface area contributed by atoms with Crippen LogP contribution in [-0.2, 0) is 11.3 Å². The first-order chi connectivity index (χ1) is 9.54. The van der Waals surface area contributed by atoms with Crippen molar-refractivity contribution in [1.29, 1.82) is 0 Å². The zero-order chi connectivity index (χ0) is 14.7. The molecule has 2 aromatic rings. The van der Waals surface area contributed by atoms with Crippen LogP contribution in [0.3, 0.4) is 0 Å². The van der Waals surface area contributed by atoms with Crippen molar-refractivity contribution in [2.45, 2.75) is 12.6 Å². The average molecular weight is 408 g/mol. The van der Waals surface area contributed by atoms with Gasteiger partial charge in [0.25, 0.3) is 0 Å². The molecule has 20 heavy (non-hydrogen) atoms. The second-order valence-electron chi connectivity index (χ2n) is 4.16. The number of nitrogens with zero attached hydrogens (tertiary/aromatic N) is 2. The van der Waals surface area contributed by atoms with Gasteiger partial charge in [-0.3, -0.25) is 4.68 Å². The molecule has 1 aromatic carbocycles. The molecule has 0 aliphatic rings. The van der Waals surface area contributed by atoms with E-state index in [1.807, 2.05) is 0 Å². The summed E-state index contributed by atoms with van der Waals surface area (Å²) in [6.07, 6.45) is 0.607. The maximum absolute atomic E-state index is 13.4. The molecule has 0 bridgehead atoms. The number of rotatable bonds is 5. The maximum atomic E-state index is 13.4. The Bertz CT molecular complexity index is 604. The Labute approximate surface area is 132 Å². The van der Waals surface area contributed by atoms with Crippen LogP contribution in [0.15, 0.2) is 33.3 Å². The topological polar surface area (TPSA) is 47.3 Å². The van der Waals surface area contributed by atoms with E-state index in [1.54, 1.807) is 24.1 Å². The molecule has 2 rings (SSSR count). The van der Waals surface area contributed by atoms with E-state index in [0.717, 1.165) is 0 Å². The Hall–Kier alpha value is -0.760. The molecule has 0 saturated carbocycles. The van der Waals surface area contributed by atoms with Gasteiger partial charge in [-0.2, -0.15) is 5.10 Å². The molecule has 0 amide bonds. The molecule has 0 saturated heterocycles. The Kier molecular flexibility index (Phi) is 5.31. The molecule has 1 unspecified atom stereocenters. The number of ether oxygens (including phenoxy) is 1. The number of aromatic nitrogens is 2. The van der Waals surface area contributed by atoms with E-state index >= 15 is 0 Å². The number of aliphatic hydroxyl groups is 1. The minimum absolute atomic E-state index is 0.402. The standard InChI is InChI=1S/C13H13Br2FN2O2/c1-20-5-4-18-12(11(15)7-17-18)13(19)9-6-8(16)2-3-10(9)14/h2-3,6-7,13,19H,4-5H2,1H3. The van der Waals surface area contributed by atoms with Crippen LogP contribution in [0.25, 0.3) is 0 Å². The largest absolute Gasteiger partial charge is 0.383 e. The molecule has 1 heterocycles. The molecule has 0 aliphatic carbocycles. The van der Waals surface area contributed by atoms with Gasteiger partial charge in [-0.1, -0.05) is 15.9 Å². The lowest BCUT2D eigenvalue weighted by molar-refractivity contribution is 0.170. The lowest BCUT2D eigenvalue weighted by atomic mass is 10.1. The Morgan fingerprint density at radius 3 is 2.85 bits per heavy atom. The first-order valence-corrected chi connectivity index (χ1v) is 7.46. The van der Waals surface area contributed by atoms with Crippen LogP contribution >= 0.6 is 31.9 Å². The monoisotopic (exact) mass is 406 g/mol. The average Bonchev–Trinajstić information content (AvgIpc) is 2.79. The summed E-state index contributed by atoms with van der Waals surface area (Å²) in [6, 6.07) is 4.20. The number of hydrogen-bond donors (Lipinski definition) is 1. The highest BCUT2D eigenvalue weighted by Crippen LogP contribution is 2.33. The fourth-order valence-electron chi connectivity index (χ4n) is 1.87. The van der Waals surface area contributed by atoms with Gasteiger partial charge in [-0.25, -0.2) is 4.39 Å². The minimum Gasteiger partial charge on any atom is -0.383 e. The summed E-state index contributed by atoms with van der Waals surface area (Å²) in [4.78, 5) is 0. The lowest BCUT2D eigenvalue weighted by Crippen LogP contribution is -2.14. The minimum atomic E-state index is -0.992. The Morgan fingerprint density at radius 2 is 2.15 bits per heavy atom. The number of hydrogen-bond acceptors (Lipinski definition) is 3. The SMILES string of the molecule is COCCn1ncc(Br)c1C(O)c1cc(F)ccc1Br. The van der Waals surface area contributed by atoms with Gasteiger partial charge >= 0.3 is 0 Å². The third kappa shape index (κ3) is 3.28. The van der Waals surface area contributed by atoms with Crippen molar-refractivity contribution in [2.75, 3.05) is 13.7 Å². The summed E-state index contributed by atoms with van der Waals surface area (Å²) in [6.45, 7) is 0.972. The van der Waals surface area contributed by atoms with Crippen molar-refractivity contribution in [3.63, 3.8) is 0 Å². The first-order valence-electron chi connectivity index (χ1n) is 5.87. The zero-order valence-electron chi connectivity index (χ0n) is 10.7. The summed E-state index contributed by atoms with van der Waals surface area (Å²) < 4.78 is 21.3. The number of aliphatic hydroxyl groups excluding tert-OH is 1. The third-order valence-corrected chi connectivity index (χ3v) is 4.19. The molecule has 0 spiro atoms. The lowest BCUT2D eigenvalue weighted by Gasteiger charge is -2.16. The van der Waals surface area contributed by atoms with Crippen molar-refractivity contribution in [3.05, 3.63) is 50.4 Å². The Balaban J connectivity index is 2.39. The van der Waals surface area contributed by atoms with Gasteiger partial charge in [0.05, 0.1) is 29.5 Å². The van der Waals surface area contributed by atoms with Crippen LogP contribution in [0.4, 0.5) is 4.39 Å². The molecule has 1 aromatic heterocycles. The summed E-state index contributed by atoms with van der Waals surface area (Å²) in [7, 11) is 1.60. The van der Waals surface area contributed by atoms with Gasteiger partial charge in [-0.15, -0.1) is 0 Å². The fraction of sp³-hybridized carbons (Fsp3) is 0.308. The highest BCUT2D eigenvalue weighted by atomic mass is 79.9. The summed E-state index contributed by atoms with van der Waals surface area (Å²) in [5, 5.41) is 14.7. The number of methoxy groups -OCH3 is 1. The van der Waals surface area contributed by atoms with Crippen molar-refractivity contribution >= 4 is 31.9 Å². The maximum Gasteiger partial charge on any atom is 0.123 e. The molecular weight excluding hydrogens is 395 g/mol. The quantitative estimate of drug-likeness (QED) is 0.827. The van der Waals surface area contributed by atoms with E-state index in [-0.39, 0.29) is 0 Å². The van der Waals surface area contributed by atoms with Crippen molar-refractivity contribution in [1.82, 2.24) is 9.78 Å². The van der Waals surface area contributed by atoms with E-state index in [4.69, 9.17) is 4.74 Å². The van der Waals surface area contributed by atoms with Gasteiger partial charge in [0, 0.05) is 17.1 Å². The van der Waals surface area contributed by atoms with Crippen LogP contribution in [-0.4, -0.2) is 28.6 Å². The zero-order valence-corrected chi connectivity index (χ0v) is 13.9. The molecule has 0 fully saturated rings. The molecule has 108 valence electrons. The summed E-state index contributed by atoms with van der Waals surface area (Å²) in [5.74, 6) is -0.402. The van der Waals surface area contributed by atoms with E-state index in [1.165, 1.54) is 12.1 Å². The predicted molar refractivity (Wildman–Crippen MR) is 80.0 cm³/mol. The predicted octanol–water partition coefficient (Wildman–Crippen LogP) is 3.28. The summed E-state index contributed by atoms with van der Waals surface area (Å²) in [5.41, 5.74) is 1.01. The van der Waals surface area contributed by atoms with Crippen molar-refractivity contribution < 1.29 is 14.2 Å². The van der Waals surface area contributed by atoms with Gasteiger partial charge in [-0.05, 0) is 34.1 Å². The molecule has 0 aliphatic heterocycles. The smallest absolute Gasteiger partial charge is 0.123 e. The molecule has 7 heteroatoms. The van der Waals surface area contributed by atoms with Crippen molar-refractivity contribution in [3.8, 4) is 0 Å². The summed E-state index contributed by atoms with van der Waals surface area (Å²) >= 11 is 6.68. The van der Waals surface area contributed by atoms with Gasteiger partial charge in [0.2, 0.25) is 0 Å². The van der Waals surface area contributed by atoms with Crippen LogP contribution < -0.4 is 0 Å². The Morgan fingerprint density at radius 1 is 1.40 bits per heavy atom. The van der Waals surface area contributed by atoms with Crippen LogP contribution in [0.5, 0.6) is 0 Å². The number of halogens is 3.